The molecule has 0 bridgehead atoms. The number of rotatable bonds is 2. The minimum atomic E-state index is -3.46. The van der Waals surface area contributed by atoms with Gasteiger partial charge in [0.05, 0.1) is 4.90 Å². The molecule has 1 heterocycles. The third-order valence-electron chi connectivity index (χ3n) is 3.65. The maximum Gasteiger partial charge on any atom is 0.244 e. The summed E-state index contributed by atoms with van der Waals surface area (Å²) in [5, 5.41) is 0. The molecule has 0 fully saturated rings. The van der Waals surface area contributed by atoms with Crippen molar-refractivity contribution >= 4 is 41.9 Å². The first-order valence-corrected chi connectivity index (χ1v) is 9.80. The lowest BCUT2D eigenvalue weighted by Crippen LogP contribution is -2.36. The maximum absolute atomic E-state index is 12.7. The second-order valence-corrected chi connectivity index (χ2v) is 9.84. The summed E-state index contributed by atoms with van der Waals surface area (Å²) in [5.74, 6) is 0. The van der Waals surface area contributed by atoms with E-state index in [9.17, 15) is 8.42 Å². The molecule has 0 N–H and O–H groups in total. The van der Waals surface area contributed by atoms with Crippen molar-refractivity contribution in [2.24, 2.45) is 5.41 Å². The molecule has 0 amide bonds. The standard InChI is InChI=1S/C15H19Br2NO2S/c1-15(2,3)11-6-8-18(9-7-11)21(19,20)14-5-4-12(16)10-13(14)17/h4-6,10H,7-9H2,1-3H3. The normalized spacial score (nSPS) is 17.7. The monoisotopic (exact) mass is 435 g/mol. The van der Waals surface area contributed by atoms with Gasteiger partial charge in [0.25, 0.3) is 0 Å². The quantitative estimate of drug-likeness (QED) is 0.636. The van der Waals surface area contributed by atoms with Crippen LogP contribution in [0.5, 0.6) is 0 Å². The van der Waals surface area contributed by atoms with Crippen molar-refractivity contribution in [1.82, 2.24) is 4.31 Å². The number of sulfonamides is 1. The molecule has 2 rings (SSSR count). The number of halogens is 2. The maximum atomic E-state index is 12.7. The summed E-state index contributed by atoms with van der Waals surface area (Å²) in [4.78, 5) is 0.318. The first-order chi connectivity index (χ1) is 9.62. The van der Waals surface area contributed by atoms with E-state index in [1.165, 1.54) is 9.88 Å². The third-order valence-corrected chi connectivity index (χ3v) is 6.98. The molecule has 1 aromatic carbocycles. The molecule has 1 aliphatic rings. The van der Waals surface area contributed by atoms with E-state index >= 15 is 0 Å². The van der Waals surface area contributed by atoms with Crippen LogP contribution in [0.3, 0.4) is 0 Å². The SMILES string of the molecule is CC(C)(C)C1=CCN(S(=O)(=O)c2ccc(Br)cc2Br)CC1. The van der Waals surface area contributed by atoms with E-state index < -0.39 is 10.0 Å². The van der Waals surface area contributed by atoms with Gasteiger partial charge in [-0.05, 0) is 46.0 Å². The molecule has 0 saturated heterocycles. The van der Waals surface area contributed by atoms with Gasteiger partial charge in [-0.3, -0.25) is 0 Å². The van der Waals surface area contributed by atoms with Crippen LogP contribution in [0.15, 0.2) is 43.7 Å². The first-order valence-electron chi connectivity index (χ1n) is 6.77. The Kier molecular flexibility index (Phi) is 5.03. The lowest BCUT2D eigenvalue weighted by Gasteiger charge is -2.31. The van der Waals surface area contributed by atoms with Gasteiger partial charge in [0.1, 0.15) is 0 Å². The molecule has 0 saturated carbocycles. The first kappa shape index (κ1) is 17.2. The lowest BCUT2D eigenvalue weighted by atomic mass is 9.83. The highest BCUT2D eigenvalue weighted by Gasteiger charge is 2.30. The average molecular weight is 437 g/mol. The summed E-state index contributed by atoms with van der Waals surface area (Å²) in [6.07, 6.45) is 2.84. The van der Waals surface area contributed by atoms with Crippen molar-refractivity contribution in [2.45, 2.75) is 32.1 Å². The molecule has 0 aromatic heterocycles. The molecule has 1 aromatic rings. The van der Waals surface area contributed by atoms with Crippen molar-refractivity contribution < 1.29 is 8.42 Å². The predicted molar refractivity (Wildman–Crippen MR) is 92.8 cm³/mol. The van der Waals surface area contributed by atoms with Crippen molar-refractivity contribution in [3.05, 3.63) is 38.8 Å². The van der Waals surface area contributed by atoms with Gasteiger partial charge in [0.2, 0.25) is 10.0 Å². The topological polar surface area (TPSA) is 37.4 Å². The highest BCUT2D eigenvalue weighted by molar-refractivity contribution is 9.11. The van der Waals surface area contributed by atoms with Crippen LogP contribution in [-0.4, -0.2) is 25.8 Å². The molecule has 0 aliphatic carbocycles. The summed E-state index contributed by atoms with van der Waals surface area (Å²) in [6, 6.07) is 5.14. The smallest absolute Gasteiger partial charge is 0.207 e. The summed E-state index contributed by atoms with van der Waals surface area (Å²) >= 11 is 6.68. The zero-order valence-electron chi connectivity index (χ0n) is 12.4. The molecular formula is C15H19Br2NO2S. The van der Waals surface area contributed by atoms with E-state index in [4.69, 9.17) is 0 Å². The Morgan fingerprint density at radius 1 is 1.19 bits per heavy atom. The fourth-order valence-electron chi connectivity index (χ4n) is 2.37. The van der Waals surface area contributed by atoms with Gasteiger partial charge < -0.3 is 0 Å². The van der Waals surface area contributed by atoms with Crippen LogP contribution in [0.2, 0.25) is 0 Å². The van der Waals surface area contributed by atoms with E-state index in [1.807, 2.05) is 6.08 Å². The molecule has 6 heteroatoms. The Bertz CT molecular complexity index is 675. The van der Waals surface area contributed by atoms with E-state index in [2.05, 4.69) is 52.6 Å². The van der Waals surface area contributed by atoms with Gasteiger partial charge in [-0.1, -0.05) is 48.4 Å². The highest BCUT2D eigenvalue weighted by atomic mass is 79.9. The molecule has 0 radical (unpaired) electrons. The van der Waals surface area contributed by atoms with Crippen molar-refractivity contribution in [3.8, 4) is 0 Å². The second kappa shape index (κ2) is 6.14. The van der Waals surface area contributed by atoms with Gasteiger partial charge in [-0.15, -0.1) is 0 Å². The van der Waals surface area contributed by atoms with Crippen LogP contribution < -0.4 is 0 Å². The fourth-order valence-corrected chi connectivity index (χ4v) is 5.46. The van der Waals surface area contributed by atoms with Crippen molar-refractivity contribution in [1.29, 1.82) is 0 Å². The van der Waals surface area contributed by atoms with E-state index in [0.717, 1.165) is 10.9 Å². The van der Waals surface area contributed by atoms with Crippen LogP contribution in [-0.2, 0) is 10.0 Å². The van der Waals surface area contributed by atoms with E-state index in [-0.39, 0.29) is 5.41 Å². The molecule has 116 valence electrons. The molecule has 0 spiro atoms. The van der Waals surface area contributed by atoms with Crippen LogP contribution >= 0.6 is 31.9 Å². The van der Waals surface area contributed by atoms with Gasteiger partial charge in [0, 0.05) is 22.0 Å². The lowest BCUT2D eigenvalue weighted by molar-refractivity contribution is 0.389. The van der Waals surface area contributed by atoms with Gasteiger partial charge in [-0.2, -0.15) is 4.31 Å². The Morgan fingerprint density at radius 3 is 2.33 bits per heavy atom. The molecule has 0 unspecified atom stereocenters. The van der Waals surface area contributed by atoms with Crippen LogP contribution in [0.1, 0.15) is 27.2 Å². The summed E-state index contributed by atoms with van der Waals surface area (Å²) in [5.41, 5.74) is 1.43. The fraction of sp³-hybridized carbons (Fsp3) is 0.467. The molecule has 3 nitrogen and oxygen atoms in total. The number of nitrogens with zero attached hydrogens (tertiary/aromatic N) is 1. The van der Waals surface area contributed by atoms with Crippen LogP contribution in [0, 0.1) is 5.41 Å². The molecule has 0 atom stereocenters. The molecule has 21 heavy (non-hydrogen) atoms. The Balaban J connectivity index is 2.29. The van der Waals surface area contributed by atoms with Gasteiger partial charge >= 0.3 is 0 Å². The minimum absolute atomic E-state index is 0.105. The highest BCUT2D eigenvalue weighted by Crippen LogP contribution is 2.33. The Morgan fingerprint density at radius 2 is 1.86 bits per heavy atom. The Hall–Kier alpha value is -0.170. The zero-order chi connectivity index (χ0) is 15.8. The summed E-state index contributed by atoms with van der Waals surface area (Å²) in [7, 11) is -3.46. The number of hydrogen-bond acceptors (Lipinski definition) is 2. The predicted octanol–water partition coefficient (Wildman–Crippen LogP) is 4.58. The largest absolute Gasteiger partial charge is 0.244 e. The number of benzene rings is 1. The molecule has 1 aliphatic heterocycles. The second-order valence-electron chi connectivity index (χ2n) is 6.17. The van der Waals surface area contributed by atoms with E-state index in [0.29, 0.717) is 22.5 Å². The van der Waals surface area contributed by atoms with Crippen molar-refractivity contribution in [2.75, 3.05) is 13.1 Å². The van der Waals surface area contributed by atoms with Gasteiger partial charge in [-0.25, -0.2) is 8.42 Å². The zero-order valence-corrected chi connectivity index (χ0v) is 16.3. The molecular weight excluding hydrogens is 418 g/mol. The van der Waals surface area contributed by atoms with Crippen LogP contribution in [0.4, 0.5) is 0 Å². The summed E-state index contributed by atoms with van der Waals surface area (Å²) < 4.78 is 28.4. The van der Waals surface area contributed by atoms with Crippen LogP contribution in [0.25, 0.3) is 0 Å². The van der Waals surface area contributed by atoms with E-state index in [1.54, 1.807) is 18.2 Å². The summed E-state index contributed by atoms with van der Waals surface area (Å²) in [6.45, 7) is 7.46. The number of hydrogen-bond donors (Lipinski definition) is 0. The van der Waals surface area contributed by atoms with Gasteiger partial charge in [0.15, 0.2) is 0 Å². The Labute approximate surface area is 143 Å². The minimum Gasteiger partial charge on any atom is -0.207 e. The third kappa shape index (κ3) is 3.78. The van der Waals surface area contributed by atoms with Crippen molar-refractivity contribution in [3.63, 3.8) is 0 Å². The average Bonchev–Trinajstić information content (AvgIpc) is 2.37.